The molecule has 1 aromatic carbocycles. The van der Waals surface area contributed by atoms with E-state index in [1.165, 1.54) is 12.1 Å². The Balaban J connectivity index is 2.23. The summed E-state index contributed by atoms with van der Waals surface area (Å²) in [4.78, 5) is 18.2. The molecule has 0 bridgehead atoms. The number of alkyl halides is 1. The van der Waals surface area contributed by atoms with Crippen molar-refractivity contribution in [3.05, 3.63) is 28.8 Å². The molecule has 1 atom stereocenters. The van der Waals surface area contributed by atoms with E-state index in [1.54, 1.807) is 16.5 Å². The number of likely N-dealkylation sites (N-methyl/N-ethyl adjacent to an activating group) is 1. The molecule has 1 saturated heterocycles. The number of hydrogen-bond acceptors (Lipinski definition) is 2. The van der Waals surface area contributed by atoms with Crippen molar-refractivity contribution in [1.82, 2.24) is 14.5 Å². The van der Waals surface area contributed by atoms with Gasteiger partial charge < -0.3 is 9.47 Å². The lowest BCUT2D eigenvalue weighted by Crippen LogP contribution is -2.25. The summed E-state index contributed by atoms with van der Waals surface area (Å²) in [6.07, 6.45) is 0.680. The summed E-state index contributed by atoms with van der Waals surface area (Å²) in [5.74, 6) is 0.189. The molecule has 0 saturated carbocycles. The number of halogens is 3. The number of amides is 1. The first-order valence-corrected chi connectivity index (χ1v) is 7.11. The molecular weight excluding hydrogens is 304 g/mol. The van der Waals surface area contributed by atoms with Gasteiger partial charge in [-0.2, -0.15) is 0 Å². The molecule has 1 unspecified atom stereocenters. The summed E-state index contributed by atoms with van der Waals surface area (Å²) in [5, 5.41) is 0.0126. The van der Waals surface area contributed by atoms with Crippen LogP contribution in [-0.4, -0.2) is 34.0 Å². The SMILES string of the molecule is CN1CCC(n2c(CCl)nc3cc(F)c(Cl)cc32)C1=O. The van der Waals surface area contributed by atoms with Crippen LogP contribution in [0.5, 0.6) is 0 Å². The summed E-state index contributed by atoms with van der Waals surface area (Å²) in [6.45, 7) is 0.680. The minimum absolute atomic E-state index is 0.0103. The van der Waals surface area contributed by atoms with Gasteiger partial charge >= 0.3 is 0 Å². The van der Waals surface area contributed by atoms with Crippen molar-refractivity contribution < 1.29 is 9.18 Å². The highest BCUT2D eigenvalue weighted by Crippen LogP contribution is 2.31. The molecule has 1 aliphatic heterocycles. The number of fused-ring (bicyclic) bond motifs is 1. The van der Waals surface area contributed by atoms with E-state index in [9.17, 15) is 9.18 Å². The molecule has 2 aromatic rings. The van der Waals surface area contributed by atoms with Crippen LogP contribution in [0.4, 0.5) is 4.39 Å². The second-order valence-electron chi connectivity index (χ2n) is 4.85. The first-order chi connectivity index (χ1) is 9.52. The molecule has 0 spiro atoms. The highest BCUT2D eigenvalue weighted by atomic mass is 35.5. The lowest BCUT2D eigenvalue weighted by molar-refractivity contribution is -0.129. The highest BCUT2D eigenvalue weighted by Gasteiger charge is 2.33. The van der Waals surface area contributed by atoms with Crippen LogP contribution in [0, 0.1) is 5.82 Å². The molecule has 1 aliphatic rings. The topological polar surface area (TPSA) is 38.1 Å². The van der Waals surface area contributed by atoms with Crippen LogP contribution in [-0.2, 0) is 10.7 Å². The van der Waals surface area contributed by atoms with Gasteiger partial charge in [0, 0.05) is 19.7 Å². The number of hydrogen-bond donors (Lipinski definition) is 0. The molecule has 0 N–H and O–H groups in total. The Bertz CT molecular complexity index is 700. The maximum atomic E-state index is 13.5. The van der Waals surface area contributed by atoms with Crippen LogP contribution >= 0.6 is 23.2 Å². The quantitative estimate of drug-likeness (QED) is 0.799. The van der Waals surface area contributed by atoms with Crippen molar-refractivity contribution in [2.45, 2.75) is 18.3 Å². The molecular formula is C13H12Cl2FN3O. The van der Waals surface area contributed by atoms with Crippen molar-refractivity contribution >= 4 is 40.1 Å². The van der Waals surface area contributed by atoms with E-state index < -0.39 is 5.82 Å². The normalized spacial score (nSPS) is 19.3. The van der Waals surface area contributed by atoms with E-state index in [-0.39, 0.29) is 22.9 Å². The van der Waals surface area contributed by atoms with Gasteiger partial charge in [-0.3, -0.25) is 4.79 Å². The monoisotopic (exact) mass is 315 g/mol. The summed E-state index contributed by atoms with van der Waals surface area (Å²) in [6, 6.07) is 2.43. The Hall–Kier alpha value is -1.33. The van der Waals surface area contributed by atoms with Crippen LogP contribution in [0.1, 0.15) is 18.3 Å². The number of carbonyl (C=O) groups excluding carboxylic acids is 1. The first kappa shape index (κ1) is 13.6. The fourth-order valence-electron chi connectivity index (χ4n) is 2.63. The van der Waals surface area contributed by atoms with Crippen LogP contribution in [0.15, 0.2) is 12.1 Å². The van der Waals surface area contributed by atoms with Crippen LogP contribution in [0.25, 0.3) is 11.0 Å². The van der Waals surface area contributed by atoms with E-state index in [0.717, 1.165) is 0 Å². The van der Waals surface area contributed by atoms with Crippen molar-refractivity contribution in [3.8, 4) is 0 Å². The van der Waals surface area contributed by atoms with Gasteiger partial charge in [-0.15, -0.1) is 11.6 Å². The number of likely N-dealkylation sites (tertiary alicyclic amines) is 1. The third-order valence-corrected chi connectivity index (χ3v) is 4.16. The summed E-state index contributed by atoms with van der Waals surface area (Å²) in [5.41, 5.74) is 1.10. The molecule has 20 heavy (non-hydrogen) atoms. The van der Waals surface area contributed by atoms with E-state index >= 15 is 0 Å². The van der Waals surface area contributed by atoms with E-state index in [2.05, 4.69) is 4.98 Å². The standard InChI is InChI=1S/C13H12Cl2FN3O/c1-18-3-2-10(13(18)20)19-11-4-7(15)8(16)5-9(11)17-12(19)6-14/h4-5,10H,2-3,6H2,1H3. The number of nitrogens with zero attached hydrogens (tertiary/aromatic N) is 3. The summed E-state index contributed by atoms with van der Waals surface area (Å²) >= 11 is 11.8. The van der Waals surface area contributed by atoms with Crippen LogP contribution in [0.2, 0.25) is 5.02 Å². The Morgan fingerprint density at radius 2 is 2.25 bits per heavy atom. The van der Waals surface area contributed by atoms with E-state index in [0.29, 0.717) is 29.8 Å². The number of aromatic nitrogens is 2. The molecule has 1 fully saturated rings. The van der Waals surface area contributed by atoms with Crippen molar-refractivity contribution in [1.29, 1.82) is 0 Å². The second kappa shape index (κ2) is 4.90. The van der Waals surface area contributed by atoms with Gasteiger partial charge in [-0.25, -0.2) is 9.37 Å². The number of benzene rings is 1. The van der Waals surface area contributed by atoms with Gasteiger partial charge in [0.15, 0.2) is 0 Å². The number of carbonyl (C=O) groups is 1. The molecule has 0 radical (unpaired) electrons. The molecule has 0 aliphatic carbocycles. The van der Waals surface area contributed by atoms with Crippen molar-refractivity contribution in [3.63, 3.8) is 0 Å². The average Bonchev–Trinajstić information content (AvgIpc) is 2.92. The second-order valence-corrected chi connectivity index (χ2v) is 5.53. The predicted octanol–water partition coefficient (Wildman–Crippen LogP) is 2.97. The van der Waals surface area contributed by atoms with Gasteiger partial charge in [-0.1, -0.05) is 11.6 Å². The van der Waals surface area contributed by atoms with Crippen molar-refractivity contribution in [2.24, 2.45) is 0 Å². The number of imidazole rings is 1. The zero-order valence-electron chi connectivity index (χ0n) is 10.7. The summed E-state index contributed by atoms with van der Waals surface area (Å²) < 4.78 is 15.3. The zero-order valence-corrected chi connectivity index (χ0v) is 12.2. The molecule has 7 heteroatoms. The minimum atomic E-state index is -0.528. The van der Waals surface area contributed by atoms with E-state index in [4.69, 9.17) is 23.2 Å². The molecule has 2 heterocycles. The molecule has 1 aromatic heterocycles. The average molecular weight is 316 g/mol. The van der Waals surface area contributed by atoms with E-state index in [1.807, 2.05) is 0 Å². The lowest BCUT2D eigenvalue weighted by atomic mass is 10.2. The molecule has 1 amide bonds. The maximum Gasteiger partial charge on any atom is 0.245 e. The first-order valence-electron chi connectivity index (χ1n) is 6.19. The van der Waals surface area contributed by atoms with Gasteiger partial charge in [0.2, 0.25) is 5.91 Å². The fraction of sp³-hybridized carbons (Fsp3) is 0.385. The van der Waals surface area contributed by atoms with Gasteiger partial charge in [0.1, 0.15) is 17.7 Å². The fourth-order valence-corrected chi connectivity index (χ4v) is 2.97. The van der Waals surface area contributed by atoms with Gasteiger partial charge in [0.25, 0.3) is 0 Å². The zero-order chi connectivity index (χ0) is 14.4. The van der Waals surface area contributed by atoms with Crippen molar-refractivity contribution in [2.75, 3.05) is 13.6 Å². The molecule has 106 valence electrons. The maximum absolute atomic E-state index is 13.5. The molecule has 3 rings (SSSR count). The van der Waals surface area contributed by atoms with Crippen LogP contribution < -0.4 is 0 Å². The van der Waals surface area contributed by atoms with Crippen LogP contribution in [0.3, 0.4) is 0 Å². The third kappa shape index (κ3) is 1.96. The predicted molar refractivity (Wildman–Crippen MR) is 75.5 cm³/mol. The largest absolute Gasteiger partial charge is 0.344 e. The minimum Gasteiger partial charge on any atom is -0.344 e. The Morgan fingerprint density at radius 1 is 1.50 bits per heavy atom. The Kier molecular flexibility index (Phi) is 3.34. The Labute approximate surface area is 125 Å². The molecule has 4 nitrogen and oxygen atoms in total. The summed E-state index contributed by atoms with van der Waals surface area (Å²) in [7, 11) is 1.76. The third-order valence-electron chi connectivity index (χ3n) is 3.64. The van der Waals surface area contributed by atoms with Gasteiger partial charge in [0.05, 0.1) is 21.9 Å². The number of rotatable bonds is 2. The Morgan fingerprint density at radius 3 is 2.85 bits per heavy atom. The highest BCUT2D eigenvalue weighted by molar-refractivity contribution is 6.31. The van der Waals surface area contributed by atoms with Gasteiger partial charge in [-0.05, 0) is 12.5 Å². The smallest absolute Gasteiger partial charge is 0.245 e. The lowest BCUT2D eigenvalue weighted by Gasteiger charge is -2.15.